The number of hydrogen-bond donors (Lipinski definition) is 2. The molecule has 2 N–H and O–H groups in total. The molecule has 3 heteroatoms. The van der Waals surface area contributed by atoms with Crippen LogP contribution in [0.15, 0.2) is 23.3 Å². The average Bonchev–Trinajstić information content (AvgIpc) is 2.30. The van der Waals surface area contributed by atoms with E-state index in [1.165, 1.54) is 0 Å². The highest BCUT2D eigenvalue weighted by Crippen LogP contribution is 2.11. The molecule has 0 saturated heterocycles. The Morgan fingerprint density at radius 1 is 1.00 bits per heavy atom. The molecule has 0 unspecified atom stereocenters. The van der Waals surface area contributed by atoms with Crippen LogP contribution in [0.5, 0.6) is 0 Å². The van der Waals surface area contributed by atoms with Crippen LogP contribution in [0.4, 0.5) is 0 Å². The number of Topliss-reactive ketones (excluding diaryl/α,β-unsaturated/α-hetero) is 1. The van der Waals surface area contributed by atoms with E-state index >= 15 is 0 Å². The van der Waals surface area contributed by atoms with Crippen LogP contribution in [-0.2, 0) is 4.79 Å². The van der Waals surface area contributed by atoms with E-state index in [2.05, 4.69) is 22.8 Å². The zero-order valence-electron chi connectivity index (χ0n) is 8.31. The van der Waals surface area contributed by atoms with Crippen LogP contribution in [0.3, 0.4) is 0 Å². The van der Waals surface area contributed by atoms with Gasteiger partial charge in [-0.3, -0.25) is 4.79 Å². The summed E-state index contributed by atoms with van der Waals surface area (Å²) in [5.41, 5.74) is 1.87. The molecule has 0 aromatic carbocycles. The monoisotopic (exact) mass is 192 g/mol. The van der Waals surface area contributed by atoms with Gasteiger partial charge in [0.2, 0.25) is 0 Å². The summed E-state index contributed by atoms with van der Waals surface area (Å²) in [4.78, 5) is 11.9. The molecule has 0 radical (unpaired) electrons. The van der Waals surface area contributed by atoms with Gasteiger partial charge in [-0.1, -0.05) is 12.2 Å². The molecule has 0 aromatic rings. The molecule has 0 fully saturated rings. The molecule has 0 saturated carbocycles. The topological polar surface area (TPSA) is 41.1 Å². The van der Waals surface area contributed by atoms with Crippen molar-refractivity contribution in [3.8, 4) is 0 Å². The Balaban J connectivity index is 2.06. The molecule has 76 valence electrons. The van der Waals surface area contributed by atoms with Crippen molar-refractivity contribution in [2.75, 3.05) is 26.2 Å². The van der Waals surface area contributed by atoms with E-state index in [0.717, 1.165) is 50.2 Å². The summed E-state index contributed by atoms with van der Waals surface area (Å²) in [5, 5.41) is 6.44. The maximum atomic E-state index is 11.9. The van der Waals surface area contributed by atoms with Gasteiger partial charge in [-0.05, 0) is 25.9 Å². The van der Waals surface area contributed by atoms with E-state index in [1.807, 2.05) is 0 Å². The van der Waals surface area contributed by atoms with E-state index in [1.54, 1.807) is 0 Å². The van der Waals surface area contributed by atoms with E-state index in [-0.39, 0.29) is 5.78 Å². The van der Waals surface area contributed by atoms with Gasteiger partial charge in [0.1, 0.15) is 0 Å². The second-order valence-corrected chi connectivity index (χ2v) is 3.72. The first-order valence-corrected chi connectivity index (χ1v) is 5.22. The number of carbonyl (C=O) groups is 1. The van der Waals surface area contributed by atoms with E-state index in [4.69, 9.17) is 0 Å². The van der Waals surface area contributed by atoms with Gasteiger partial charge < -0.3 is 10.6 Å². The van der Waals surface area contributed by atoms with Crippen molar-refractivity contribution in [3.63, 3.8) is 0 Å². The summed E-state index contributed by atoms with van der Waals surface area (Å²) in [6.45, 7) is 3.45. The second kappa shape index (κ2) is 4.53. The van der Waals surface area contributed by atoms with Crippen molar-refractivity contribution < 1.29 is 4.79 Å². The summed E-state index contributed by atoms with van der Waals surface area (Å²) in [5.74, 6) is 0.226. The second-order valence-electron chi connectivity index (χ2n) is 3.72. The minimum absolute atomic E-state index is 0.226. The molecule has 0 amide bonds. The third-order valence-electron chi connectivity index (χ3n) is 2.64. The molecule has 14 heavy (non-hydrogen) atoms. The summed E-state index contributed by atoms with van der Waals surface area (Å²) < 4.78 is 0. The summed E-state index contributed by atoms with van der Waals surface area (Å²) in [7, 11) is 0. The molecule has 0 bridgehead atoms. The van der Waals surface area contributed by atoms with Gasteiger partial charge in [0.15, 0.2) is 5.78 Å². The zero-order chi connectivity index (χ0) is 9.80. The lowest BCUT2D eigenvalue weighted by Gasteiger charge is -2.17. The first-order valence-electron chi connectivity index (χ1n) is 5.22. The first kappa shape index (κ1) is 9.62. The van der Waals surface area contributed by atoms with E-state index in [0.29, 0.717) is 0 Å². The average molecular weight is 192 g/mol. The highest BCUT2D eigenvalue weighted by molar-refractivity contribution is 6.08. The predicted octanol–water partition coefficient (Wildman–Crippen LogP) is 0.395. The van der Waals surface area contributed by atoms with Crippen LogP contribution in [0.1, 0.15) is 12.8 Å². The largest absolute Gasteiger partial charge is 0.312 e. The fourth-order valence-corrected chi connectivity index (χ4v) is 1.84. The lowest BCUT2D eigenvalue weighted by Crippen LogP contribution is -2.31. The van der Waals surface area contributed by atoms with Crippen LogP contribution in [0.2, 0.25) is 0 Å². The predicted molar refractivity (Wildman–Crippen MR) is 56.1 cm³/mol. The van der Waals surface area contributed by atoms with E-state index in [9.17, 15) is 4.79 Å². The number of nitrogens with one attached hydrogen (secondary N) is 2. The molecular weight excluding hydrogens is 176 g/mol. The van der Waals surface area contributed by atoms with Crippen molar-refractivity contribution in [2.45, 2.75) is 12.8 Å². The highest BCUT2D eigenvalue weighted by atomic mass is 16.1. The molecule has 2 aliphatic rings. The molecule has 0 aliphatic carbocycles. The summed E-state index contributed by atoms with van der Waals surface area (Å²) in [6, 6.07) is 0. The molecule has 0 spiro atoms. The maximum absolute atomic E-state index is 11.9. The smallest absolute Gasteiger partial charge is 0.186 e. The van der Waals surface area contributed by atoms with Crippen LogP contribution in [-0.4, -0.2) is 32.0 Å². The molecule has 0 aromatic heterocycles. The molecule has 0 atom stereocenters. The Kier molecular flexibility index (Phi) is 3.11. The Bertz CT molecular complexity index is 264. The lowest BCUT2D eigenvalue weighted by molar-refractivity contribution is -0.112. The third kappa shape index (κ3) is 2.11. The van der Waals surface area contributed by atoms with Gasteiger partial charge in [0, 0.05) is 24.2 Å². The van der Waals surface area contributed by atoms with Gasteiger partial charge in [-0.2, -0.15) is 0 Å². The van der Waals surface area contributed by atoms with Gasteiger partial charge in [-0.25, -0.2) is 0 Å². The van der Waals surface area contributed by atoms with Crippen LogP contribution in [0, 0.1) is 0 Å². The third-order valence-corrected chi connectivity index (χ3v) is 2.64. The van der Waals surface area contributed by atoms with Crippen LogP contribution >= 0.6 is 0 Å². The Morgan fingerprint density at radius 3 is 1.86 bits per heavy atom. The minimum Gasteiger partial charge on any atom is -0.312 e. The summed E-state index contributed by atoms with van der Waals surface area (Å²) in [6.07, 6.45) is 6.08. The summed E-state index contributed by atoms with van der Waals surface area (Å²) >= 11 is 0. The van der Waals surface area contributed by atoms with Gasteiger partial charge in [0.05, 0.1) is 0 Å². The van der Waals surface area contributed by atoms with Gasteiger partial charge in [-0.15, -0.1) is 0 Å². The van der Waals surface area contributed by atoms with Crippen LogP contribution in [0.25, 0.3) is 0 Å². The SMILES string of the molecule is O=C(C1=CCCNC1)C1=CCCNC1. The normalized spacial score (nSPS) is 22.6. The number of carbonyl (C=O) groups excluding carboxylic acids is 1. The molecular formula is C11H16N2O. The number of ketones is 1. The number of rotatable bonds is 2. The van der Waals surface area contributed by atoms with E-state index < -0.39 is 0 Å². The minimum atomic E-state index is 0.226. The molecule has 3 nitrogen and oxygen atoms in total. The van der Waals surface area contributed by atoms with Gasteiger partial charge >= 0.3 is 0 Å². The highest BCUT2D eigenvalue weighted by Gasteiger charge is 2.17. The van der Waals surface area contributed by atoms with Gasteiger partial charge in [0.25, 0.3) is 0 Å². The fourth-order valence-electron chi connectivity index (χ4n) is 1.84. The Morgan fingerprint density at radius 2 is 1.50 bits per heavy atom. The first-order chi connectivity index (χ1) is 6.88. The van der Waals surface area contributed by atoms with Crippen molar-refractivity contribution in [1.82, 2.24) is 10.6 Å². The Labute approximate surface area is 84.3 Å². The number of hydrogen-bond acceptors (Lipinski definition) is 3. The van der Waals surface area contributed by atoms with Crippen molar-refractivity contribution >= 4 is 5.78 Å². The lowest BCUT2D eigenvalue weighted by atomic mass is 9.98. The van der Waals surface area contributed by atoms with Crippen molar-refractivity contribution in [2.24, 2.45) is 0 Å². The van der Waals surface area contributed by atoms with Crippen molar-refractivity contribution in [3.05, 3.63) is 23.3 Å². The fraction of sp³-hybridized carbons (Fsp3) is 0.545. The maximum Gasteiger partial charge on any atom is 0.186 e. The zero-order valence-corrected chi connectivity index (χ0v) is 8.31. The molecule has 2 heterocycles. The van der Waals surface area contributed by atoms with Crippen LogP contribution < -0.4 is 10.6 Å². The molecule has 2 rings (SSSR count). The Hall–Kier alpha value is -0.930. The van der Waals surface area contributed by atoms with Crippen molar-refractivity contribution in [1.29, 1.82) is 0 Å². The quantitative estimate of drug-likeness (QED) is 0.665. The molecule has 2 aliphatic heterocycles. The standard InChI is InChI=1S/C11H16N2O/c14-11(9-3-1-5-12-7-9)10-4-2-6-13-8-10/h3-4,12-13H,1-2,5-8H2.